The molecule has 0 saturated heterocycles. The Labute approximate surface area is 60.8 Å². The number of hydrogen-bond acceptors (Lipinski definition) is 3. The van der Waals surface area contributed by atoms with E-state index in [-0.39, 0.29) is 6.04 Å². The summed E-state index contributed by atoms with van der Waals surface area (Å²) >= 11 is 0. The van der Waals surface area contributed by atoms with Crippen molar-refractivity contribution in [1.29, 1.82) is 0 Å². The highest BCUT2D eigenvalue weighted by Gasteiger charge is 2.13. The van der Waals surface area contributed by atoms with Crippen LogP contribution in [0.2, 0.25) is 0 Å². The lowest BCUT2D eigenvalue weighted by Crippen LogP contribution is -2.30. The SMILES string of the molecule is C[C@H](N)C1C=CN=C(N)C1. The second kappa shape index (κ2) is 2.84. The first-order valence-corrected chi connectivity index (χ1v) is 3.44. The zero-order valence-electron chi connectivity index (χ0n) is 6.12. The van der Waals surface area contributed by atoms with Crippen LogP contribution in [0.15, 0.2) is 17.3 Å². The molecule has 56 valence electrons. The Morgan fingerprint density at radius 1 is 1.80 bits per heavy atom. The van der Waals surface area contributed by atoms with Gasteiger partial charge >= 0.3 is 0 Å². The molecule has 0 aliphatic carbocycles. The smallest absolute Gasteiger partial charge is 0.0995 e. The fourth-order valence-electron chi connectivity index (χ4n) is 0.973. The van der Waals surface area contributed by atoms with Gasteiger partial charge in [0.1, 0.15) is 0 Å². The Hall–Kier alpha value is -0.830. The van der Waals surface area contributed by atoms with Crippen LogP contribution in [-0.4, -0.2) is 11.9 Å². The molecule has 2 atom stereocenters. The second-order valence-electron chi connectivity index (χ2n) is 2.69. The lowest BCUT2D eigenvalue weighted by atomic mass is 9.96. The van der Waals surface area contributed by atoms with Gasteiger partial charge in [0.05, 0.1) is 5.84 Å². The third-order valence-electron chi connectivity index (χ3n) is 1.69. The fourth-order valence-corrected chi connectivity index (χ4v) is 0.973. The van der Waals surface area contributed by atoms with E-state index in [1.807, 2.05) is 13.0 Å². The van der Waals surface area contributed by atoms with E-state index < -0.39 is 0 Å². The number of aliphatic imine (C=N–C) groups is 1. The van der Waals surface area contributed by atoms with Crippen LogP contribution in [0.4, 0.5) is 0 Å². The third kappa shape index (κ3) is 1.57. The van der Waals surface area contributed by atoms with Crippen LogP contribution in [0.5, 0.6) is 0 Å². The molecule has 1 rings (SSSR count). The van der Waals surface area contributed by atoms with Crippen molar-refractivity contribution in [2.75, 3.05) is 0 Å². The molecular formula is C7H13N3. The van der Waals surface area contributed by atoms with Crippen molar-refractivity contribution >= 4 is 5.84 Å². The van der Waals surface area contributed by atoms with Gasteiger partial charge in [0.15, 0.2) is 0 Å². The summed E-state index contributed by atoms with van der Waals surface area (Å²) in [6.45, 7) is 1.98. The first kappa shape index (κ1) is 7.28. The molecule has 1 aliphatic heterocycles. The van der Waals surface area contributed by atoms with Crippen molar-refractivity contribution in [2.45, 2.75) is 19.4 Å². The van der Waals surface area contributed by atoms with Gasteiger partial charge in [-0.2, -0.15) is 0 Å². The summed E-state index contributed by atoms with van der Waals surface area (Å²) in [6, 6.07) is 0.172. The molecular weight excluding hydrogens is 126 g/mol. The van der Waals surface area contributed by atoms with Gasteiger partial charge in [-0.05, 0) is 6.92 Å². The van der Waals surface area contributed by atoms with Gasteiger partial charge in [0.2, 0.25) is 0 Å². The topological polar surface area (TPSA) is 64.4 Å². The Morgan fingerprint density at radius 2 is 2.50 bits per heavy atom. The molecule has 1 heterocycles. The highest BCUT2D eigenvalue weighted by Crippen LogP contribution is 2.12. The molecule has 1 unspecified atom stereocenters. The predicted octanol–water partition coefficient (Wildman–Crippen LogP) is 0.224. The predicted molar refractivity (Wildman–Crippen MR) is 42.5 cm³/mol. The minimum absolute atomic E-state index is 0.172. The van der Waals surface area contributed by atoms with Crippen LogP contribution in [0.25, 0.3) is 0 Å². The van der Waals surface area contributed by atoms with E-state index in [9.17, 15) is 0 Å². The molecule has 4 N–H and O–H groups in total. The zero-order chi connectivity index (χ0) is 7.56. The quantitative estimate of drug-likeness (QED) is 0.546. The molecule has 0 aromatic heterocycles. The number of rotatable bonds is 1. The van der Waals surface area contributed by atoms with E-state index in [1.54, 1.807) is 6.20 Å². The normalized spacial score (nSPS) is 27.8. The highest BCUT2D eigenvalue weighted by molar-refractivity contribution is 5.82. The lowest BCUT2D eigenvalue weighted by molar-refractivity contribution is 0.546. The molecule has 0 aromatic rings. The van der Waals surface area contributed by atoms with Gasteiger partial charge in [-0.1, -0.05) is 6.08 Å². The zero-order valence-corrected chi connectivity index (χ0v) is 6.12. The Morgan fingerprint density at radius 3 is 2.90 bits per heavy atom. The largest absolute Gasteiger partial charge is 0.387 e. The van der Waals surface area contributed by atoms with E-state index >= 15 is 0 Å². The second-order valence-corrected chi connectivity index (χ2v) is 2.69. The van der Waals surface area contributed by atoms with Crippen molar-refractivity contribution in [3.8, 4) is 0 Å². The summed E-state index contributed by atoms with van der Waals surface area (Å²) in [5.41, 5.74) is 11.2. The average Bonchev–Trinajstić information content (AvgIpc) is 1.88. The van der Waals surface area contributed by atoms with E-state index in [2.05, 4.69) is 4.99 Å². The van der Waals surface area contributed by atoms with Gasteiger partial charge in [-0.15, -0.1) is 0 Å². The molecule has 10 heavy (non-hydrogen) atoms. The average molecular weight is 139 g/mol. The van der Waals surface area contributed by atoms with Gasteiger partial charge < -0.3 is 11.5 Å². The van der Waals surface area contributed by atoms with Crippen molar-refractivity contribution in [2.24, 2.45) is 22.4 Å². The maximum absolute atomic E-state index is 5.67. The van der Waals surface area contributed by atoms with Crippen molar-refractivity contribution in [3.05, 3.63) is 12.3 Å². The minimum Gasteiger partial charge on any atom is -0.387 e. The molecule has 0 radical (unpaired) electrons. The summed E-state index contributed by atoms with van der Waals surface area (Å²) in [7, 11) is 0. The first-order chi connectivity index (χ1) is 4.70. The van der Waals surface area contributed by atoms with E-state index in [4.69, 9.17) is 11.5 Å². The maximum atomic E-state index is 5.67. The molecule has 0 bridgehead atoms. The van der Waals surface area contributed by atoms with Gasteiger partial charge in [0, 0.05) is 24.6 Å². The van der Waals surface area contributed by atoms with E-state index in [0.717, 1.165) is 6.42 Å². The Kier molecular flexibility index (Phi) is 2.06. The molecule has 0 fully saturated rings. The Bertz CT molecular complexity index is 170. The minimum atomic E-state index is 0.172. The number of nitrogens with two attached hydrogens (primary N) is 2. The molecule has 0 spiro atoms. The molecule has 3 nitrogen and oxygen atoms in total. The molecule has 0 saturated carbocycles. The van der Waals surface area contributed by atoms with Crippen LogP contribution in [0.1, 0.15) is 13.3 Å². The summed E-state index contributed by atoms with van der Waals surface area (Å²) in [5.74, 6) is 1.06. The van der Waals surface area contributed by atoms with Gasteiger partial charge in [-0.25, -0.2) is 4.99 Å². The van der Waals surface area contributed by atoms with Crippen molar-refractivity contribution < 1.29 is 0 Å². The molecule has 3 heteroatoms. The maximum Gasteiger partial charge on any atom is 0.0995 e. The molecule has 1 aliphatic rings. The van der Waals surface area contributed by atoms with E-state index in [1.165, 1.54) is 0 Å². The summed E-state index contributed by atoms with van der Waals surface area (Å²) in [4.78, 5) is 3.92. The van der Waals surface area contributed by atoms with Crippen LogP contribution < -0.4 is 11.5 Å². The van der Waals surface area contributed by atoms with Crippen molar-refractivity contribution in [3.63, 3.8) is 0 Å². The van der Waals surface area contributed by atoms with Crippen LogP contribution in [0, 0.1) is 5.92 Å². The Balaban J connectivity index is 2.55. The third-order valence-corrected chi connectivity index (χ3v) is 1.69. The molecule has 0 aromatic carbocycles. The lowest BCUT2D eigenvalue weighted by Gasteiger charge is -2.18. The standard InChI is InChI=1S/C7H13N3/c1-5(8)6-2-3-10-7(9)4-6/h2-3,5-6H,4,8H2,1H3,(H2,9,10)/t5-,6?/m0/s1. The number of nitrogens with zero attached hydrogens (tertiary/aromatic N) is 1. The van der Waals surface area contributed by atoms with Gasteiger partial charge in [-0.3, -0.25) is 0 Å². The van der Waals surface area contributed by atoms with Crippen LogP contribution >= 0.6 is 0 Å². The highest BCUT2D eigenvalue weighted by atomic mass is 14.8. The monoisotopic (exact) mass is 139 g/mol. The summed E-state index contributed by atoms with van der Waals surface area (Å²) in [6.07, 6.45) is 4.53. The van der Waals surface area contributed by atoms with Gasteiger partial charge in [0.25, 0.3) is 0 Å². The number of hydrogen-bond donors (Lipinski definition) is 2. The summed E-state index contributed by atoms with van der Waals surface area (Å²) < 4.78 is 0. The van der Waals surface area contributed by atoms with Crippen LogP contribution in [0.3, 0.4) is 0 Å². The van der Waals surface area contributed by atoms with Crippen LogP contribution in [-0.2, 0) is 0 Å². The molecule has 0 amide bonds. The fraction of sp³-hybridized carbons (Fsp3) is 0.571. The summed E-state index contributed by atoms with van der Waals surface area (Å²) in [5, 5.41) is 0. The first-order valence-electron chi connectivity index (χ1n) is 3.44. The van der Waals surface area contributed by atoms with Crippen molar-refractivity contribution in [1.82, 2.24) is 0 Å². The van der Waals surface area contributed by atoms with E-state index in [0.29, 0.717) is 11.8 Å². The number of amidine groups is 1.